The smallest absolute Gasteiger partial charge is 0.301 e. The summed E-state index contributed by atoms with van der Waals surface area (Å²) in [6.45, 7) is 7.45. The molecule has 0 saturated carbocycles. The summed E-state index contributed by atoms with van der Waals surface area (Å²) in [5.41, 5.74) is 3.21. The van der Waals surface area contributed by atoms with E-state index in [1.54, 1.807) is 49.6 Å². The van der Waals surface area contributed by atoms with Crippen LogP contribution in [0, 0.1) is 6.92 Å². The number of aromatic nitrogens is 2. The number of ether oxygens (including phenoxy) is 3. The molecule has 1 amide bonds. The number of methoxy groups -OCH3 is 1. The van der Waals surface area contributed by atoms with E-state index >= 15 is 0 Å². The van der Waals surface area contributed by atoms with Gasteiger partial charge in [-0.1, -0.05) is 105 Å². The Kier molecular flexibility index (Phi) is 13.3. The summed E-state index contributed by atoms with van der Waals surface area (Å²) in [5.74, 6) is 0.449. The number of benzene rings is 3. The summed E-state index contributed by atoms with van der Waals surface area (Å²) in [6, 6.07) is 19.5. The summed E-state index contributed by atoms with van der Waals surface area (Å²) in [6.07, 6.45) is 7.49. The van der Waals surface area contributed by atoms with Crippen LogP contribution in [0.5, 0.6) is 17.2 Å². The van der Waals surface area contributed by atoms with Gasteiger partial charge in [0.2, 0.25) is 5.13 Å². The molecule has 5 rings (SSSR count). The molecule has 2 heterocycles. The van der Waals surface area contributed by atoms with Crippen molar-refractivity contribution in [3.05, 3.63) is 94.6 Å². The SMILES string of the molecule is CCCCCCCOc1ccc([C@@H]2C(=C(O)c3ccc(OCCCC)cc3)C(=O)C(=O)N2c2nnc(SCc3ccc(C)cc3)s2)cc1OC. The van der Waals surface area contributed by atoms with E-state index in [-0.39, 0.29) is 16.5 Å². The van der Waals surface area contributed by atoms with Crippen LogP contribution in [-0.4, -0.2) is 47.3 Å². The molecule has 1 aliphatic heterocycles. The highest BCUT2D eigenvalue weighted by atomic mass is 32.2. The Balaban J connectivity index is 1.48. The number of anilines is 1. The molecule has 1 aromatic heterocycles. The number of aliphatic hydroxyl groups is 1. The minimum absolute atomic E-state index is 0.0506. The third kappa shape index (κ3) is 9.05. The highest BCUT2D eigenvalue weighted by molar-refractivity contribution is 8.00. The van der Waals surface area contributed by atoms with Crippen LogP contribution in [0.3, 0.4) is 0 Å². The number of Topliss-reactive ketones (excluding diaryl/α,β-unsaturated/α-hetero) is 1. The zero-order valence-corrected chi connectivity index (χ0v) is 30.8. The van der Waals surface area contributed by atoms with Crippen molar-refractivity contribution in [2.45, 2.75) is 81.9 Å². The van der Waals surface area contributed by atoms with Crippen molar-refractivity contribution in [3.8, 4) is 17.2 Å². The highest BCUT2D eigenvalue weighted by Gasteiger charge is 2.48. The highest BCUT2D eigenvalue weighted by Crippen LogP contribution is 2.45. The maximum Gasteiger partial charge on any atom is 0.301 e. The van der Waals surface area contributed by atoms with Crippen LogP contribution < -0.4 is 19.1 Å². The topological polar surface area (TPSA) is 111 Å². The van der Waals surface area contributed by atoms with Gasteiger partial charge in [0, 0.05) is 11.3 Å². The number of hydrogen-bond donors (Lipinski definition) is 1. The quantitative estimate of drug-likeness (QED) is 0.0269. The van der Waals surface area contributed by atoms with E-state index in [2.05, 4.69) is 48.3 Å². The van der Waals surface area contributed by atoms with Crippen LogP contribution in [0.2, 0.25) is 0 Å². The van der Waals surface area contributed by atoms with Crippen LogP contribution in [0.15, 0.2) is 76.6 Å². The van der Waals surface area contributed by atoms with E-state index in [1.165, 1.54) is 52.8 Å². The summed E-state index contributed by atoms with van der Waals surface area (Å²) in [5, 5.41) is 20.6. The third-order valence-corrected chi connectivity index (χ3v) is 10.6. The van der Waals surface area contributed by atoms with E-state index < -0.39 is 17.7 Å². The number of unbranched alkanes of at least 4 members (excludes halogenated alkanes) is 5. The van der Waals surface area contributed by atoms with Gasteiger partial charge in [0.15, 0.2) is 15.8 Å². The van der Waals surface area contributed by atoms with Gasteiger partial charge in [-0.2, -0.15) is 0 Å². The van der Waals surface area contributed by atoms with Crippen LogP contribution in [0.1, 0.15) is 87.1 Å². The lowest BCUT2D eigenvalue weighted by Gasteiger charge is -2.23. The Labute approximate surface area is 302 Å². The second-order valence-corrected chi connectivity index (χ2v) is 14.4. The van der Waals surface area contributed by atoms with Gasteiger partial charge < -0.3 is 19.3 Å². The standard InChI is InChI=1S/C39H45N3O6S2/c1-5-7-9-10-11-23-48-31-21-18-29(24-32(31)46-4)34-33(35(43)28-16-19-30(20-17-28)47-22-8-6-2)36(44)37(45)42(34)38-40-41-39(50-38)49-25-27-14-12-26(3)13-15-27/h12-21,24,34,43H,5-11,22-23,25H2,1-4H3/t34-/m1/s1. The first-order valence-corrected chi connectivity index (χ1v) is 19.0. The predicted octanol–water partition coefficient (Wildman–Crippen LogP) is 9.30. The molecule has 50 heavy (non-hydrogen) atoms. The fourth-order valence-corrected chi connectivity index (χ4v) is 7.42. The third-order valence-electron chi connectivity index (χ3n) is 8.43. The molecule has 264 valence electrons. The van der Waals surface area contributed by atoms with Gasteiger partial charge in [0.05, 0.1) is 31.9 Å². The molecule has 0 aliphatic carbocycles. The van der Waals surface area contributed by atoms with Gasteiger partial charge in [0.25, 0.3) is 5.78 Å². The number of aryl methyl sites for hydroxylation is 1. The van der Waals surface area contributed by atoms with E-state index in [0.717, 1.165) is 31.2 Å². The van der Waals surface area contributed by atoms with Gasteiger partial charge in [-0.25, -0.2) is 0 Å². The number of nitrogens with zero attached hydrogens (tertiary/aromatic N) is 3. The average Bonchev–Trinajstić information content (AvgIpc) is 3.71. The summed E-state index contributed by atoms with van der Waals surface area (Å²) in [4.78, 5) is 28.9. The number of ketones is 1. The van der Waals surface area contributed by atoms with Gasteiger partial charge >= 0.3 is 5.91 Å². The average molecular weight is 716 g/mol. The fourth-order valence-electron chi connectivity index (χ4n) is 5.59. The minimum Gasteiger partial charge on any atom is -0.507 e. The first-order valence-electron chi connectivity index (χ1n) is 17.2. The van der Waals surface area contributed by atoms with Gasteiger partial charge in [-0.15, -0.1) is 10.2 Å². The van der Waals surface area contributed by atoms with Gasteiger partial charge in [-0.3, -0.25) is 14.5 Å². The van der Waals surface area contributed by atoms with Crippen LogP contribution in [0.4, 0.5) is 5.13 Å². The van der Waals surface area contributed by atoms with Crippen LogP contribution in [0.25, 0.3) is 5.76 Å². The fraction of sp³-hybridized carbons (Fsp3) is 0.385. The molecule has 1 aliphatic rings. The maximum atomic E-state index is 13.8. The molecule has 4 aromatic rings. The summed E-state index contributed by atoms with van der Waals surface area (Å²) >= 11 is 2.73. The number of carbonyl (C=O) groups excluding carboxylic acids is 2. The number of hydrogen-bond acceptors (Lipinski definition) is 10. The normalized spacial score (nSPS) is 15.4. The number of aliphatic hydroxyl groups excluding tert-OH is 1. The minimum atomic E-state index is -0.990. The second-order valence-electron chi connectivity index (χ2n) is 12.2. The number of thioether (sulfide) groups is 1. The summed E-state index contributed by atoms with van der Waals surface area (Å²) < 4.78 is 18.2. The number of rotatable bonds is 18. The Hall–Kier alpha value is -4.35. The van der Waals surface area contributed by atoms with Crippen molar-refractivity contribution in [2.75, 3.05) is 25.2 Å². The van der Waals surface area contributed by atoms with Crippen molar-refractivity contribution in [1.82, 2.24) is 10.2 Å². The molecule has 0 bridgehead atoms. The molecule has 1 saturated heterocycles. The number of carbonyl (C=O) groups is 2. The predicted molar refractivity (Wildman–Crippen MR) is 200 cm³/mol. The lowest BCUT2D eigenvalue weighted by Crippen LogP contribution is -2.29. The van der Waals surface area contributed by atoms with Crippen molar-refractivity contribution in [3.63, 3.8) is 0 Å². The molecule has 1 N–H and O–H groups in total. The molecular formula is C39H45N3O6S2. The van der Waals surface area contributed by atoms with Crippen molar-refractivity contribution in [2.24, 2.45) is 0 Å². The lowest BCUT2D eigenvalue weighted by atomic mass is 9.95. The molecule has 11 heteroatoms. The molecule has 0 unspecified atom stereocenters. The largest absolute Gasteiger partial charge is 0.507 e. The molecule has 9 nitrogen and oxygen atoms in total. The van der Waals surface area contributed by atoms with Crippen LogP contribution in [-0.2, 0) is 15.3 Å². The van der Waals surface area contributed by atoms with Crippen molar-refractivity contribution >= 4 is 45.7 Å². The van der Waals surface area contributed by atoms with Crippen LogP contribution >= 0.6 is 23.1 Å². The summed E-state index contributed by atoms with van der Waals surface area (Å²) in [7, 11) is 1.55. The molecule has 0 radical (unpaired) electrons. The van der Waals surface area contributed by atoms with E-state index in [9.17, 15) is 14.7 Å². The Bertz CT molecular complexity index is 1770. The molecular weight excluding hydrogens is 671 g/mol. The molecule has 1 fully saturated rings. The molecule has 3 aromatic carbocycles. The van der Waals surface area contributed by atoms with E-state index in [1.807, 2.05) is 6.92 Å². The van der Waals surface area contributed by atoms with E-state index in [4.69, 9.17) is 14.2 Å². The van der Waals surface area contributed by atoms with Crippen molar-refractivity contribution in [1.29, 1.82) is 0 Å². The Morgan fingerprint density at radius 1 is 0.860 bits per heavy atom. The lowest BCUT2D eigenvalue weighted by molar-refractivity contribution is -0.132. The zero-order chi connectivity index (χ0) is 35.5. The second kappa shape index (κ2) is 18.1. The Morgan fingerprint density at radius 3 is 2.30 bits per heavy atom. The first kappa shape index (κ1) is 36.9. The maximum absolute atomic E-state index is 13.8. The van der Waals surface area contributed by atoms with Crippen molar-refractivity contribution < 1.29 is 28.9 Å². The number of amides is 1. The first-order chi connectivity index (χ1) is 24.3. The van der Waals surface area contributed by atoms with Gasteiger partial charge in [-0.05, 0) is 67.3 Å². The zero-order valence-electron chi connectivity index (χ0n) is 29.1. The molecule has 1 atom stereocenters. The van der Waals surface area contributed by atoms with E-state index in [0.29, 0.717) is 51.7 Å². The van der Waals surface area contributed by atoms with Gasteiger partial charge in [0.1, 0.15) is 11.5 Å². The molecule has 0 spiro atoms. The Morgan fingerprint density at radius 2 is 1.58 bits per heavy atom. The monoisotopic (exact) mass is 715 g/mol.